The number of halogens is 1. The van der Waals surface area contributed by atoms with Gasteiger partial charge in [0.05, 0.1) is 13.2 Å². The molecule has 1 aromatic carbocycles. The van der Waals surface area contributed by atoms with Crippen molar-refractivity contribution in [1.29, 1.82) is 0 Å². The number of carbonyl (C=O) groups excluding carboxylic acids is 1. The number of hydrogen-bond donors (Lipinski definition) is 0. The molecule has 0 saturated carbocycles. The molecule has 0 aliphatic heterocycles. The average Bonchev–Trinajstić information content (AvgIpc) is 2.42. The highest BCUT2D eigenvalue weighted by Gasteiger charge is 2.16. The van der Waals surface area contributed by atoms with E-state index in [9.17, 15) is 4.79 Å². The molecule has 1 atom stereocenters. The van der Waals surface area contributed by atoms with Crippen molar-refractivity contribution in [2.75, 3.05) is 26.8 Å². The van der Waals surface area contributed by atoms with Crippen LogP contribution in [0.4, 0.5) is 0 Å². The van der Waals surface area contributed by atoms with Crippen LogP contribution in [-0.2, 0) is 4.74 Å². The van der Waals surface area contributed by atoms with E-state index in [4.69, 9.17) is 4.74 Å². The molecule has 0 aromatic heterocycles. The Kier molecular flexibility index (Phi) is 7.28. The zero-order valence-electron chi connectivity index (χ0n) is 11.9. The van der Waals surface area contributed by atoms with Crippen molar-refractivity contribution in [1.82, 2.24) is 4.90 Å². The van der Waals surface area contributed by atoms with Crippen molar-refractivity contribution in [3.63, 3.8) is 0 Å². The van der Waals surface area contributed by atoms with E-state index in [0.29, 0.717) is 19.2 Å². The Morgan fingerprint density at radius 2 is 2.21 bits per heavy atom. The second-order valence-corrected chi connectivity index (χ2v) is 5.57. The molecule has 0 spiro atoms. The van der Waals surface area contributed by atoms with Crippen molar-refractivity contribution in [2.24, 2.45) is 0 Å². The molecule has 1 aromatic rings. The summed E-state index contributed by atoms with van der Waals surface area (Å²) in [7, 11) is 1.69. The zero-order valence-corrected chi connectivity index (χ0v) is 13.4. The lowest BCUT2D eigenvalue weighted by Crippen LogP contribution is -2.39. The molecule has 0 aliphatic rings. The minimum Gasteiger partial charge on any atom is -0.383 e. The number of rotatable bonds is 8. The third kappa shape index (κ3) is 5.43. The van der Waals surface area contributed by atoms with Gasteiger partial charge in [0, 0.05) is 29.7 Å². The number of methoxy groups -OCH3 is 1. The normalized spacial score (nSPS) is 12.7. The van der Waals surface area contributed by atoms with Crippen LogP contribution in [0.25, 0.3) is 0 Å². The van der Waals surface area contributed by atoms with Crippen LogP contribution < -0.4 is 0 Å². The monoisotopic (exact) mass is 327 g/mol. The van der Waals surface area contributed by atoms with E-state index in [2.05, 4.69) is 34.7 Å². The Morgan fingerprint density at radius 3 is 2.79 bits per heavy atom. The fourth-order valence-electron chi connectivity index (χ4n) is 1.86. The molecular formula is C15H22BrNO2. The van der Waals surface area contributed by atoms with Gasteiger partial charge in [0.25, 0.3) is 0 Å². The highest BCUT2D eigenvalue weighted by Crippen LogP contribution is 2.13. The second kappa shape index (κ2) is 8.46. The number of hydrogen-bond acceptors (Lipinski definition) is 3. The van der Waals surface area contributed by atoms with E-state index in [-0.39, 0.29) is 5.78 Å². The zero-order chi connectivity index (χ0) is 14.3. The van der Waals surface area contributed by atoms with Gasteiger partial charge in [-0.2, -0.15) is 0 Å². The van der Waals surface area contributed by atoms with Crippen LogP contribution in [0, 0.1) is 0 Å². The molecular weight excluding hydrogens is 306 g/mol. The van der Waals surface area contributed by atoms with Gasteiger partial charge in [0.1, 0.15) is 0 Å². The first-order valence-electron chi connectivity index (χ1n) is 6.60. The van der Waals surface area contributed by atoms with Gasteiger partial charge in [0.2, 0.25) is 0 Å². The predicted molar refractivity (Wildman–Crippen MR) is 81.7 cm³/mol. The molecule has 4 heteroatoms. The number of carbonyl (C=O) groups is 1. The largest absolute Gasteiger partial charge is 0.383 e. The number of ether oxygens (including phenoxy) is 1. The highest BCUT2D eigenvalue weighted by atomic mass is 79.9. The standard InChI is InChI=1S/C15H22BrNO2/c1-4-12(2)17(8-9-19-3)11-15(18)13-6-5-7-14(16)10-13/h5-7,10,12H,4,8-9,11H2,1-3H3. The van der Waals surface area contributed by atoms with Crippen LogP contribution in [0.5, 0.6) is 0 Å². The lowest BCUT2D eigenvalue weighted by Gasteiger charge is -2.27. The summed E-state index contributed by atoms with van der Waals surface area (Å²) >= 11 is 3.40. The molecule has 0 saturated heterocycles. The number of benzene rings is 1. The number of nitrogens with zero attached hydrogens (tertiary/aromatic N) is 1. The maximum Gasteiger partial charge on any atom is 0.176 e. The maximum absolute atomic E-state index is 12.3. The topological polar surface area (TPSA) is 29.5 Å². The van der Waals surface area contributed by atoms with Crippen LogP contribution in [-0.4, -0.2) is 43.5 Å². The summed E-state index contributed by atoms with van der Waals surface area (Å²) in [5.41, 5.74) is 0.750. The van der Waals surface area contributed by atoms with Gasteiger partial charge in [0.15, 0.2) is 5.78 Å². The van der Waals surface area contributed by atoms with Crippen LogP contribution in [0.1, 0.15) is 30.6 Å². The number of Topliss-reactive ketones (excluding diaryl/α,β-unsaturated/α-hetero) is 1. The van der Waals surface area contributed by atoms with Crippen molar-refractivity contribution in [3.05, 3.63) is 34.3 Å². The summed E-state index contributed by atoms with van der Waals surface area (Å²) in [6.45, 7) is 6.15. The van der Waals surface area contributed by atoms with E-state index >= 15 is 0 Å². The molecule has 106 valence electrons. The summed E-state index contributed by atoms with van der Waals surface area (Å²) < 4.78 is 6.05. The first-order valence-corrected chi connectivity index (χ1v) is 7.39. The fraction of sp³-hybridized carbons (Fsp3) is 0.533. The summed E-state index contributed by atoms with van der Waals surface area (Å²) in [5.74, 6) is 0.151. The summed E-state index contributed by atoms with van der Waals surface area (Å²) in [5, 5.41) is 0. The number of ketones is 1. The first kappa shape index (κ1) is 16.3. The quantitative estimate of drug-likeness (QED) is 0.685. The predicted octanol–water partition coefficient (Wildman–Crippen LogP) is 3.38. The Bertz CT molecular complexity index is 409. The van der Waals surface area contributed by atoms with Gasteiger partial charge < -0.3 is 4.74 Å². The molecule has 0 radical (unpaired) electrons. The molecule has 0 fully saturated rings. The van der Waals surface area contributed by atoms with E-state index in [0.717, 1.165) is 23.0 Å². The average molecular weight is 328 g/mol. The summed E-state index contributed by atoms with van der Waals surface area (Å²) in [6, 6.07) is 7.92. The SMILES string of the molecule is CCC(C)N(CCOC)CC(=O)c1cccc(Br)c1. The Labute approximate surface area is 124 Å². The van der Waals surface area contributed by atoms with Gasteiger partial charge in [-0.3, -0.25) is 9.69 Å². The van der Waals surface area contributed by atoms with Crippen LogP contribution >= 0.6 is 15.9 Å². The van der Waals surface area contributed by atoms with E-state index in [1.54, 1.807) is 7.11 Å². The van der Waals surface area contributed by atoms with Crippen LogP contribution in [0.15, 0.2) is 28.7 Å². The molecule has 0 heterocycles. The molecule has 3 nitrogen and oxygen atoms in total. The lowest BCUT2D eigenvalue weighted by molar-refractivity contribution is 0.0834. The van der Waals surface area contributed by atoms with E-state index in [1.165, 1.54) is 0 Å². The molecule has 0 N–H and O–H groups in total. The molecule has 0 aliphatic carbocycles. The molecule has 1 rings (SSSR count). The molecule has 0 amide bonds. The van der Waals surface area contributed by atoms with Crippen molar-refractivity contribution >= 4 is 21.7 Å². The third-order valence-corrected chi connectivity index (χ3v) is 3.78. The second-order valence-electron chi connectivity index (χ2n) is 4.65. The van der Waals surface area contributed by atoms with Crippen LogP contribution in [0.3, 0.4) is 0 Å². The minimum absolute atomic E-state index is 0.151. The fourth-order valence-corrected chi connectivity index (χ4v) is 2.26. The Hall–Kier alpha value is -0.710. The van der Waals surface area contributed by atoms with Gasteiger partial charge in [-0.25, -0.2) is 0 Å². The molecule has 19 heavy (non-hydrogen) atoms. The van der Waals surface area contributed by atoms with E-state index in [1.807, 2.05) is 24.3 Å². The molecule has 0 bridgehead atoms. The summed E-state index contributed by atoms with van der Waals surface area (Å²) in [6.07, 6.45) is 1.02. The molecule has 1 unspecified atom stereocenters. The van der Waals surface area contributed by atoms with Gasteiger partial charge in [-0.05, 0) is 25.5 Å². The first-order chi connectivity index (χ1) is 9.08. The highest BCUT2D eigenvalue weighted by molar-refractivity contribution is 9.10. The lowest BCUT2D eigenvalue weighted by atomic mass is 10.1. The van der Waals surface area contributed by atoms with Crippen molar-refractivity contribution in [2.45, 2.75) is 26.3 Å². The van der Waals surface area contributed by atoms with Gasteiger partial charge in [-0.1, -0.05) is 35.0 Å². The van der Waals surface area contributed by atoms with Gasteiger partial charge in [-0.15, -0.1) is 0 Å². The van der Waals surface area contributed by atoms with Gasteiger partial charge >= 0.3 is 0 Å². The summed E-state index contributed by atoms with van der Waals surface area (Å²) in [4.78, 5) is 14.5. The smallest absolute Gasteiger partial charge is 0.176 e. The third-order valence-electron chi connectivity index (χ3n) is 3.29. The van der Waals surface area contributed by atoms with Crippen molar-refractivity contribution in [3.8, 4) is 0 Å². The maximum atomic E-state index is 12.3. The minimum atomic E-state index is 0.151. The van der Waals surface area contributed by atoms with Crippen molar-refractivity contribution < 1.29 is 9.53 Å². The Morgan fingerprint density at radius 1 is 1.47 bits per heavy atom. The van der Waals surface area contributed by atoms with Crippen LogP contribution in [0.2, 0.25) is 0 Å². The van der Waals surface area contributed by atoms with E-state index < -0.39 is 0 Å². The Balaban J connectivity index is 2.69.